The molecule has 0 saturated heterocycles. The number of benzene rings is 1. The van der Waals surface area contributed by atoms with Crippen LogP contribution in [-0.4, -0.2) is 15.7 Å². The van der Waals surface area contributed by atoms with Crippen molar-refractivity contribution in [3.8, 4) is 0 Å². The van der Waals surface area contributed by atoms with Crippen LogP contribution in [0.2, 0.25) is 0 Å². The van der Waals surface area contributed by atoms with Gasteiger partial charge in [0.05, 0.1) is 21.4 Å². The first-order chi connectivity index (χ1) is 10.1. The van der Waals surface area contributed by atoms with Gasteiger partial charge in [-0.1, -0.05) is 13.0 Å². The number of halogens is 1. The normalized spacial score (nSPS) is 10.6. The molecule has 112 valence electrons. The number of nitrogens with zero attached hydrogens (tertiary/aromatic N) is 2. The Kier molecular flexibility index (Phi) is 5.01. The molecule has 0 aliphatic rings. The summed E-state index contributed by atoms with van der Waals surface area (Å²) in [4.78, 5) is 12.0. The van der Waals surface area contributed by atoms with E-state index in [1.165, 1.54) is 0 Å². The van der Waals surface area contributed by atoms with Crippen LogP contribution >= 0.6 is 15.9 Å². The second-order valence-electron chi connectivity index (χ2n) is 4.58. The Hall–Kier alpha value is -1.82. The highest BCUT2D eigenvalue weighted by atomic mass is 79.9. The molecule has 1 aromatic carbocycles. The van der Waals surface area contributed by atoms with E-state index in [9.17, 15) is 4.79 Å². The maximum Gasteiger partial charge on any atom is 0.338 e. The molecule has 1 heterocycles. The van der Waals surface area contributed by atoms with Crippen LogP contribution in [0.5, 0.6) is 0 Å². The summed E-state index contributed by atoms with van der Waals surface area (Å²) in [5, 5.41) is 4.47. The van der Waals surface area contributed by atoms with Crippen molar-refractivity contribution >= 4 is 27.6 Å². The van der Waals surface area contributed by atoms with Gasteiger partial charge in [0.15, 0.2) is 0 Å². The fraction of sp³-hybridized carbons (Fsp3) is 0.333. The number of carbonyl (C=O) groups is 1. The van der Waals surface area contributed by atoms with E-state index in [1.54, 1.807) is 24.3 Å². The number of nitrogens with two attached hydrogens (primary N) is 1. The summed E-state index contributed by atoms with van der Waals surface area (Å²) in [6, 6.07) is 6.74. The standard InChI is InChI=1S/C15H18BrN3O2/c1-3-12-14(16)13(19(4-2)18-12)9-21-15(20)10-6-5-7-11(17)8-10/h5-8H,3-4,9,17H2,1-2H3. The first-order valence-electron chi connectivity index (χ1n) is 6.83. The quantitative estimate of drug-likeness (QED) is 0.663. The summed E-state index contributed by atoms with van der Waals surface area (Å²) in [5.41, 5.74) is 8.49. The predicted molar refractivity (Wildman–Crippen MR) is 85.0 cm³/mol. The molecular weight excluding hydrogens is 334 g/mol. The van der Waals surface area contributed by atoms with E-state index in [0.29, 0.717) is 11.3 Å². The van der Waals surface area contributed by atoms with Gasteiger partial charge in [-0.25, -0.2) is 4.79 Å². The van der Waals surface area contributed by atoms with E-state index in [4.69, 9.17) is 10.5 Å². The van der Waals surface area contributed by atoms with E-state index in [2.05, 4.69) is 21.0 Å². The van der Waals surface area contributed by atoms with Crippen molar-refractivity contribution in [3.05, 3.63) is 45.7 Å². The summed E-state index contributed by atoms with van der Waals surface area (Å²) in [6.45, 7) is 4.94. The molecular formula is C15H18BrN3O2. The number of rotatable bonds is 5. The summed E-state index contributed by atoms with van der Waals surface area (Å²) in [6.07, 6.45) is 0.823. The van der Waals surface area contributed by atoms with E-state index < -0.39 is 5.97 Å². The maximum atomic E-state index is 12.0. The number of ether oxygens (including phenoxy) is 1. The topological polar surface area (TPSA) is 70.1 Å². The van der Waals surface area contributed by atoms with Gasteiger partial charge < -0.3 is 10.5 Å². The third-order valence-corrected chi connectivity index (χ3v) is 4.07. The van der Waals surface area contributed by atoms with Gasteiger partial charge in [-0.15, -0.1) is 0 Å². The van der Waals surface area contributed by atoms with E-state index in [1.807, 2.05) is 18.5 Å². The average Bonchev–Trinajstić information content (AvgIpc) is 2.80. The Morgan fingerprint density at radius 2 is 2.19 bits per heavy atom. The summed E-state index contributed by atoms with van der Waals surface area (Å²) >= 11 is 3.53. The van der Waals surface area contributed by atoms with Crippen molar-refractivity contribution in [2.75, 3.05) is 5.73 Å². The molecule has 2 rings (SSSR count). The minimum absolute atomic E-state index is 0.176. The lowest BCUT2D eigenvalue weighted by atomic mass is 10.2. The van der Waals surface area contributed by atoms with E-state index >= 15 is 0 Å². The lowest BCUT2D eigenvalue weighted by molar-refractivity contribution is 0.0461. The number of aryl methyl sites for hydroxylation is 2. The zero-order valence-electron chi connectivity index (χ0n) is 12.1. The molecule has 5 nitrogen and oxygen atoms in total. The predicted octanol–water partition coefficient (Wildman–Crippen LogP) is 3.17. The fourth-order valence-electron chi connectivity index (χ4n) is 2.04. The molecule has 0 radical (unpaired) electrons. The minimum Gasteiger partial charge on any atom is -0.456 e. The molecule has 0 amide bonds. The van der Waals surface area contributed by atoms with Crippen molar-refractivity contribution in [1.82, 2.24) is 9.78 Å². The number of esters is 1. The second-order valence-corrected chi connectivity index (χ2v) is 5.37. The summed E-state index contributed by atoms with van der Waals surface area (Å²) < 4.78 is 8.12. The third kappa shape index (κ3) is 3.44. The molecule has 0 aliphatic carbocycles. The van der Waals surface area contributed by atoms with Gasteiger partial charge in [0.25, 0.3) is 0 Å². The highest BCUT2D eigenvalue weighted by molar-refractivity contribution is 9.10. The number of hydrogen-bond donors (Lipinski definition) is 1. The SMILES string of the molecule is CCc1nn(CC)c(COC(=O)c2cccc(N)c2)c1Br. The Labute approximate surface area is 132 Å². The zero-order valence-corrected chi connectivity index (χ0v) is 13.7. The first-order valence-corrected chi connectivity index (χ1v) is 7.62. The molecule has 0 unspecified atom stereocenters. The number of anilines is 1. The van der Waals surface area contributed by atoms with Crippen LogP contribution in [-0.2, 0) is 24.3 Å². The van der Waals surface area contributed by atoms with Gasteiger partial charge in [-0.2, -0.15) is 5.10 Å². The average molecular weight is 352 g/mol. The van der Waals surface area contributed by atoms with Gasteiger partial charge in [-0.3, -0.25) is 4.68 Å². The molecule has 21 heavy (non-hydrogen) atoms. The van der Waals surface area contributed by atoms with Crippen LogP contribution in [0.4, 0.5) is 5.69 Å². The molecule has 0 saturated carbocycles. The second kappa shape index (κ2) is 6.76. The van der Waals surface area contributed by atoms with Gasteiger partial charge in [0.2, 0.25) is 0 Å². The minimum atomic E-state index is -0.392. The van der Waals surface area contributed by atoms with Crippen molar-refractivity contribution in [1.29, 1.82) is 0 Å². The Balaban J connectivity index is 2.13. The molecule has 1 aromatic heterocycles. The fourth-order valence-corrected chi connectivity index (χ4v) is 2.72. The molecule has 2 aromatic rings. The molecule has 6 heteroatoms. The Morgan fingerprint density at radius 3 is 2.81 bits per heavy atom. The number of carbonyl (C=O) groups excluding carboxylic acids is 1. The van der Waals surface area contributed by atoms with Gasteiger partial charge in [-0.05, 0) is 47.5 Å². The molecule has 0 bridgehead atoms. The first kappa shape index (κ1) is 15.6. The van der Waals surface area contributed by atoms with Crippen LogP contribution in [0.15, 0.2) is 28.7 Å². The highest BCUT2D eigenvalue weighted by Gasteiger charge is 2.16. The lowest BCUT2D eigenvalue weighted by Gasteiger charge is -2.07. The van der Waals surface area contributed by atoms with Crippen LogP contribution in [0.3, 0.4) is 0 Å². The molecule has 2 N–H and O–H groups in total. The van der Waals surface area contributed by atoms with Crippen molar-refractivity contribution in [2.24, 2.45) is 0 Å². The highest BCUT2D eigenvalue weighted by Crippen LogP contribution is 2.23. The molecule has 0 spiro atoms. The van der Waals surface area contributed by atoms with E-state index in [-0.39, 0.29) is 6.61 Å². The van der Waals surface area contributed by atoms with Crippen molar-refractivity contribution in [2.45, 2.75) is 33.4 Å². The lowest BCUT2D eigenvalue weighted by Crippen LogP contribution is -2.10. The Morgan fingerprint density at radius 1 is 1.43 bits per heavy atom. The van der Waals surface area contributed by atoms with Gasteiger partial charge in [0, 0.05) is 12.2 Å². The number of hydrogen-bond acceptors (Lipinski definition) is 4. The van der Waals surface area contributed by atoms with Crippen LogP contribution in [0, 0.1) is 0 Å². The number of aromatic nitrogens is 2. The maximum absolute atomic E-state index is 12.0. The van der Waals surface area contributed by atoms with Crippen LogP contribution in [0.1, 0.15) is 35.6 Å². The Bertz CT molecular complexity index is 652. The zero-order chi connectivity index (χ0) is 15.4. The van der Waals surface area contributed by atoms with Crippen LogP contribution in [0.25, 0.3) is 0 Å². The van der Waals surface area contributed by atoms with Crippen molar-refractivity contribution < 1.29 is 9.53 Å². The third-order valence-electron chi connectivity index (χ3n) is 3.16. The molecule has 0 aliphatic heterocycles. The summed E-state index contributed by atoms with van der Waals surface area (Å²) in [7, 11) is 0. The monoisotopic (exact) mass is 351 g/mol. The van der Waals surface area contributed by atoms with Crippen LogP contribution < -0.4 is 5.73 Å². The largest absolute Gasteiger partial charge is 0.456 e. The molecule has 0 atom stereocenters. The van der Waals surface area contributed by atoms with Gasteiger partial charge >= 0.3 is 5.97 Å². The summed E-state index contributed by atoms with van der Waals surface area (Å²) in [5.74, 6) is -0.392. The smallest absolute Gasteiger partial charge is 0.338 e. The molecule has 0 fully saturated rings. The number of nitrogen functional groups attached to an aromatic ring is 1. The van der Waals surface area contributed by atoms with E-state index in [0.717, 1.165) is 28.8 Å². The van der Waals surface area contributed by atoms with Gasteiger partial charge in [0.1, 0.15) is 6.61 Å². The van der Waals surface area contributed by atoms with Crippen molar-refractivity contribution in [3.63, 3.8) is 0 Å².